The molecule has 0 bridgehead atoms. The molecule has 11 aromatic rings. The third kappa shape index (κ3) is 8.98. The number of hydrogen-bond donors (Lipinski definition) is 0. The quantitative estimate of drug-likeness (QED) is 0.155. The van der Waals surface area contributed by atoms with Crippen LogP contribution < -0.4 is 35.7 Å². The molecule has 0 aliphatic carbocycles. The van der Waals surface area contributed by atoms with Gasteiger partial charge < -0.3 is 19.3 Å². The molecule has 404 valence electrons. The fraction of sp³-hybridized carbons (Fsp3) is 0.211. The van der Waals surface area contributed by atoms with E-state index in [4.69, 9.17) is 9.47 Å². The first-order chi connectivity index (χ1) is 39.4. The molecule has 0 radical (unpaired) electrons. The molecular weight excluding hydrogens is 1020 g/mol. The largest absolute Gasteiger partial charge is 0.490 e. The van der Waals surface area contributed by atoms with E-state index >= 15 is 0 Å². The van der Waals surface area contributed by atoms with E-state index in [0.717, 1.165) is 52.0 Å². The summed E-state index contributed by atoms with van der Waals surface area (Å²) in [6.45, 7) is 24.0. The van der Waals surface area contributed by atoms with Gasteiger partial charge in [-0.05, 0) is 167 Å². The molecule has 0 unspecified atom stereocenters. The van der Waals surface area contributed by atoms with Gasteiger partial charge in [-0.1, -0.05) is 190 Å². The van der Waals surface area contributed by atoms with Gasteiger partial charge in [0.15, 0.2) is 11.5 Å². The van der Waals surface area contributed by atoms with Gasteiger partial charge in [-0.25, -0.2) is 0 Å². The third-order valence-electron chi connectivity index (χ3n) is 17.3. The van der Waals surface area contributed by atoms with Crippen molar-refractivity contribution < 1.29 is 9.47 Å². The minimum absolute atomic E-state index is 0.0296. The monoisotopic (exact) mass is 1080 g/mol. The molecule has 0 amide bonds. The third-order valence-corrected chi connectivity index (χ3v) is 18.5. The Morgan fingerprint density at radius 1 is 0.390 bits per heavy atom. The van der Waals surface area contributed by atoms with E-state index in [0.29, 0.717) is 13.2 Å². The number of thiophene rings is 1. The lowest BCUT2D eigenvalue weighted by Crippen LogP contribution is -2.61. The van der Waals surface area contributed by atoms with Crippen molar-refractivity contribution in [1.82, 2.24) is 0 Å². The van der Waals surface area contributed by atoms with E-state index in [-0.39, 0.29) is 23.0 Å². The van der Waals surface area contributed by atoms with Crippen molar-refractivity contribution in [3.8, 4) is 56.0 Å². The molecule has 0 saturated carbocycles. The number of hydrogen-bond acceptors (Lipinski definition) is 5. The summed E-state index contributed by atoms with van der Waals surface area (Å²) >= 11 is 1.87. The molecule has 6 heteroatoms. The van der Waals surface area contributed by atoms with Crippen LogP contribution in [0.15, 0.2) is 200 Å². The number of fused-ring (bicyclic) bond motifs is 8. The molecular formula is C76H69BN2O2S. The minimum atomic E-state index is -0.167. The van der Waals surface area contributed by atoms with Crippen LogP contribution in [0.1, 0.15) is 91.0 Å². The Kier molecular flexibility index (Phi) is 12.3. The zero-order valence-electron chi connectivity index (χ0n) is 48.9. The zero-order valence-corrected chi connectivity index (χ0v) is 49.7. The van der Waals surface area contributed by atoms with Gasteiger partial charge in [0.25, 0.3) is 6.71 Å². The Balaban J connectivity index is 1.06. The summed E-state index contributed by atoms with van der Waals surface area (Å²) in [7, 11) is 0. The second kappa shape index (κ2) is 19.4. The van der Waals surface area contributed by atoms with Gasteiger partial charge in [0.05, 0.1) is 18.9 Å². The molecule has 0 atom stereocenters. The van der Waals surface area contributed by atoms with E-state index in [1.807, 2.05) is 11.3 Å². The summed E-state index contributed by atoms with van der Waals surface area (Å²) in [6.07, 6.45) is 0.816. The molecule has 0 spiro atoms. The van der Waals surface area contributed by atoms with Crippen molar-refractivity contribution in [2.24, 2.45) is 0 Å². The van der Waals surface area contributed by atoms with Crippen molar-refractivity contribution in [3.63, 3.8) is 0 Å². The summed E-state index contributed by atoms with van der Waals surface area (Å²) in [6, 6.07) is 76.5. The Morgan fingerprint density at radius 2 is 0.927 bits per heavy atom. The second-order valence-electron chi connectivity index (χ2n) is 26.1. The topological polar surface area (TPSA) is 24.9 Å². The van der Waals surface area contributed by atoms with E-state index in [1.165, 1.54) is 103 Å². The van der Waals surface area contributed by atoms with Gasteiger partial charge >= 0.3 is 0 Å². The number of ether oxygens (including phenoxy) is 2. The van der Waals surface area contributed by atoms with Crippen LogP contribution in [0, 0.1) is 6.92 Å². The van der Waals surface area contributed by atoms with E-state index in [9.17, 15) is 0 Å². The summed E-state index contributed by atoms with van der Waals surface area (Å²) in [5.74, 6) is 1.57. The van der Waals surface area contributed by atoms with Crippen LogP contribution in [0.2, 0.25) is 0 Å². The first-order valence-electron chi connectivity index (χ1n) is 29.2. The van der Waals surface area contributed by atoms with Crippen LogP contribution in [0.3, 0.4) is 0 Å². The van der Waals surface area contributed by atoms with Crippen molar-refractivity contribution in [2.45, 2.75) is 91.9 Å². The van der Waals surface area contributed by atoms with Crippen LogP contribution in [0.5, 0.6) is 11.5 Å². The minimum Gasteiger partial charge on any atom is -0.490 e. The Bertz CT molecular complexity index is 4250. The van der Waals surface area contributed by atoms with Gasteiger partial charge in [0.2, 0.25) is 0 Å². The predicted molar refractivity (Wildman–Crippen MR) is 352 cm³/mol. The number of rotatable bonds is 6. The maximum Gasteiger partial charge on any atom is 0.252 e. The predicted octanol–water partition coefficient (Wildman–Crippen LogP) is 19.2. The average molecular weight is 1090 g/mol. The van der Waals surface area contributed by atoms with Crippen LogP contribution in [0.4, 0.5) is 34.1 Å². The number of nitrogens with zero attached hydrogens (tertiary/aromatic N) is 2. The molecule has 0 fully saturated rings. The molecule has 14 rings (SSSR count). The van der Waals surface area contributed by atoms with E-state index in [1.54, 1.807) is 0 Å². The number of anilines is 6. The van der Waals surface area contributed by atoms with E-state index < -0.39 is 0 Å². The summed E-state index contributed by atoms with van der Waals surface area (Å²) in [4.78, 5) is 5.14. The fourth-order valence-electron chi connectivity index (χ4n) is 12.9. The maximum absolute atomic E-state index is 6.70. The highest BCUT2D eigenvalue weighted by Crippen LogP contribution is 2.51. The van der Waals surface area contributed by atoms with Gasteiger partial charge in [0, 0.05) is 66.7 Å². The lowest BCUT2D eigenvalue weighted by molar-refractivity contribution is 0.297. The number of benzene rings is 10. The molecule has 1 aromatic heterocycles. The molecule has 3 aliphatic heterocycles. The Morgan fingerprint density at radius 3 is 1.59 bits per heavy atom. The normalized spacial score (nSPS) is 14.0. The summed E-state index contributed by atoms with van der Waals surface area (Å²) in [5.41, 5.74) is 25.0. The first kappa shape index (κ1) is 51.8. The van der Waals surface area contributed by atoms with Crippen LogP contribution >= 0.6 is 11.3 Å². The van der Waals surface area contributed by atoms with Crippen molar-refractivity contribution >= 4 is 88.7 Å². The van der Waals surface area contributed by atoms with Crippen molar-refractivity contribution in [1.29, 1.82) is 0 Å². The summed E-state index contributed by atoms with van der Waals surface area (Å²) < 4.78 is 16.0. The molecule has 4 heterocycles. The van der Waals surface area contributed by atoms with Gasteiger partial charge in [-0.15, -0.1) is 11.3 Å². The second-order valence-corrected chi connectivity index (χ2v) is 27.2. The lowest BCUT2D eigenvalue weighted by Gasteiger charge is -2.45. The number of aryl methyl sites for hydroxylation is 1. The first-order valence-corrected chi connectivity index (χ1v) is 30.1. The van der Waals surface area contributed by atoms with E-state index in [2.05, 4.69) is 279 Å². The van der Waals surface area contributed by atoms with Crippen molar-refractivity contribution in [3.05, 3.63) is 222 Å². The molecule has 82 heavy (non-hydrogen) atoms. The van der Waals surface area contributed by atoms with Crippen LogP contribution in [0.25, 0.3) is 64.7 Å². The highest BCUT2D eigenvalue weighted by Gasteiger charge is 2.45. The van der Waals surface area contributed by atoms with Gasteiger partial charge in [-0.3, -0.25) is 0 Å². The molecule has 10 aromatic carbocycles. The molecule has 4 nitrogen and oxygen atoms in total. The van der Waals surface area contributed by atoms with Crippen LogP contribution in [-0.2, 0) is 16.2 Å². The maximum atomic E-state index is 6.70. The fourth-order valence-corrected chi connectivity index (χ4v) is 14.0. The molecule has 0 N–H and O–H groups in total. The highest BCUT2D eigenvalue weighted by molar-refractivity contribution is 7.25. The highest BCUT2D eigenvalue weighted by atomic mass is 32.1. The van der Waals surface area contributed by atoms with Gasteiger partial charge in [0.1, 0.15) is 0 Å². The summed E-state index contributed by atoms with van der Waals surface area (Å²) in [5, 5.41) is 2.61. The zero-order chi connectivity index (χ0) is 56.4. The lowest BCUT2D eigenvalue weighted by atomic mass is 9.33. The SMILES string of the molecule is Cc1cc2c3c(c1)N(c1ccc(C(C)(C)C)cc1-c1ccccc1)c1cc4c(cc1B3c1cc(-c3ccc5c(c3)sc3ccccc35)ccc1N2c1cc(-c2ccc(C(C)(C)C)cc2)cc(-c2ccc(C(C)(C)C)cc2)c1)OCCCO4. The molecule has 3 aliphatic rings. The van der Waals surface area contributed by atoms with Gasteiger partial charge in [-0.2, -0.15) is 0 Å². The Hall–Kier alpha value is -8.32. The smallest absolute Gasteiger partial charge is 0.252 e. The van der Waals surface area contributed by atoms with Crippen LogP contribution in [-0.4, -0.2) is 19.9 Å². The molecule has 0 saturated heterocycles. The Labute approximate surface area is 488 Å². The average Bonchev–Trinajstić information content (AvgIpc) is 1.51. The van der Waals surface area contributed by atoms with Crippen molar-refractivity contribution in [2.75, 3.05) is 23.0 Å². The standard InChI is InChI=1S/C76H69BN2O2S/c1-47-37-67-73-68(38-47)79(64-34-31-57(76(8,9)10)44-61(64)50-17-12-11-13-18-50)66-46-70-69(80-35-16-36-81-70)45-63(66)77(73)62-42-51(52-25-32-60-59-19-14-15-20-71(59)82-72(60)43-52)26-33-65(62)78(67)58-40-53(48-21-27-55(28-22-48)74(2,3)4)39-54(41-58)49-23-29-56(30-24-49)75(5,6)7/h11-15,17-34,37-46H,16,35-36H2,1-10H3.